The smallest absolute Gasteiger partial charge is 0.475 e. The minimum atomic E-state index is -5.08. The number of hydrogen-bond donors (Lipinski definition) is 3. The van der Waals surface area contributed by atoms with Gasteiger partial charge in [0, 0.05) is 49.4 Å². The van der Waals surface area contributed by atoms with Crippen molar-refractivity contribution in [3.63, 3.8) is 0 Å². The number of amides is 1. The van der Waals surface area contributed by atoms with Crippen LogP contribution < -0.4 is 5.32 Å². The molecule has 216 valence electrons. The number of carboxylic acid groups (broad SMARTS) is 2. The molecule has 3 atom stereocenters. The molecule has 0 spiro atoms. The number of thiophene rings is 1. The molecule has 2 aliphatic heterocycles. The van der Waals surface area contributed by atoms with Crippen molar-refractivity contribution in [3.8, 4) is 0 Å². The maximum absolute atomic E-state index is 12.1. The van der Waals surface area contributed by atoms with E-state index in [0.717, 1.165) is 31.6 Å². The van der Waals surface area contributed by atoms with E-state index in [1.54, 1.807) is 12.4 Å². The molecule has 9 nitrogen and oxygen atoms in total. The summed E-state index contributed by atoms with van der Waals surface area (Å²) < 4.78 is 69.6. The van der Waals surface area contributed by atoms with Gasteiger partial charge in [-0.1, -0.05) is 12.1 Å². The SMILES string of the molecule is O=C(C[C@H]1C[C@H]2CN(Cc3cccs3)C[C@H]2O1)NCc1cccnc1.O=C(O)C(F)(F)F.O=C(O)C(F)(F)F. The van der Waals surface area contributed by atoms with Crippen LogP contribution in [0.25, 0.3) is 0 Å². The Labute approximate surface area is 222 Å². The zero-order valence-corrected chi connectivity index (χ0v) is 20.9. The Morgan fingerprint density at radius 1 is 1.05 bits per heavy atom. The topological polar surface area (TPSA) is 129 Å². The first-order valence-electron chi connectivity index (χ1n) is 11.3. The van der Waals surface area contributed by atoms with Gasteiger partial charge in [-0.05, 0) is 29.5 Å². The Kier molecular flexibility index (Phi) is 11.7. The van der Waals surface area contributed by atoms with E-state index in [1.165, 1.54) is 4.88 Å². The van der Waals surface area contributed by atoms with E-state index >= 15 is 0 Å². The van der Waals surface area contributed by atoms with Gasteiger partial charge in [-0.15, -0.1) is 11.3 Å². The number of carbonyl (C=O) groups is 3. The van der Waals surface area contributed by atoms with Crippen molar-refractivity contribution in [3.05, 3.63) is 52.5 Å². The van der Waals surface area contributed by atoms with Gasteiger partial charge in [0.2, 0.25) is 5.91 Å². The third-order valence-corrected chi connectivity index (χ3v) is 6.32. The summed E-state index contributed by atoms with van der Waals surface area (Å²) in [6, 6.07) is 8.14. The molecule has 39 heavy (non-hydrogen) atoms. The second-order valence-corrected chi connectivity index (χ2v) is 9.55. The van der Waals surface area contributed by atoms with Crippen LogP contribution in [-0.2, 0) is 32.2 Å². The van der Waals surface area contributed by atoms with Gasteiger partial charge in [0.05, 0.1) is 18.6 Å². The summed E-state index contributed by atoms with van der Waals surface area (Å²) >= 11 is 1.81. The van der Waals surface area contributed by atoms with E-state index in [2.05, 4.69) is 32.7 Å². The predicted molar refractivity (Wildman–Crippen MR) is 124 cm³/mol. The summed E-state index contributed by atoms with van der Waals surface area (Å²) in [5.74, 6) is -4.89. The summed E-state index contributed by atoms with van der Waals surface area (Å²) in [6.07, 6.45) is -4.86. The molecule has 0 saturated carbocycles. The molecular weight excluding hydrogens is 560 g/mol. The quantitative estimate of drug-likeness (QED) is 0.438. The number of hydrogen-bond acceptors (Lipinski definition) is 7. The van der Waals surface area contributed by atoms with Crippen molar-refractivity contribution in [1.29, 1.82) is 0 Å². The number of ether oxygens (including phenoxy) is 1. The van der Waals surface area contributed by atoms with Crippen LogP contribution in [0.3, 0.4) is 0 Å². The number of carboxylic acids is 2. The third-order valence-electron chi connectivity index (χ3n) is 5.46. The zero-order valence-electron chi connectivity index (χ0n) is 20.1. The lowest BCUT2D eigenvalue weighted by Crippen LogP contribution is -2.29. The molecule has 1 amide bonds. The lowest BCUT2D eigenvalue weighted by molar-refractivity contribution is -0.193. The maximum atomic E-state index is 12.1. The van der Waals surface area contributed by atoms with Crippen LogP contribution >= 0.6 is 11.3 Å². The number of aliphatic carboxylic acids is 2. The number of aromatic nitrogens is 1. The van der Waals surface area contributed by atoms with Crippen LogP contribution in [0.15, 0.2) is 42.0 Å². The van der Waals surface area contributed by atoms with E-state index in [-0.39, 0.29) is 18.1 Å². The van der Waals surface area contributed by atoms with Gasteiger partial charge in [0.1, 0.15) is 0 Å². The molecule has 0 aliphatic carbocycles. The number of carbonyl (C=O) groups excluding carboxylic acids is 1. The summed E-state index contributed by atoms with van der Waals surface area (Å²) in [5, 5.41) is 19.3. The first-order valence-corrected chi connectivity index (χ1v) is 12.2. The minimum absolute atomic E-state index is 0.0595. The molecule has 2 fully saturated rings. The number of alkyl halides is 6. The van der Waals surface area contributed by atoms with E-state index in [0.29, 0.717) is 18.9 Å². The average Bonchev–Trinajstić information content (AvgIpc) is 3.56. The van der Waals surface area contributed by atoms with Crippen LogP contribution in [0.5, 0.6) is 0 Å². The van der Waals surface area contributed by atoms with Crippen molar-refractivity contribution in [1.82, 2.24) is 15.2 Å². The van der Waals surface area contributed by atoms with Gasteiger partial charge in [-0.25, -0.2) is 9.59 Å². The highest BCUT2D eigenvalue weighted by atomic mass is 32.1. The van der Waals surface area contributed by atoms with Crippen molar-refractivity contribution < 1.29 is 55.7 Å². The van der Waals surface area contributed by atoms with E-state index in [9.17, 15) is 31.1 Å². The Morgan fingerprint density at radius 2 is 1.69 bits per heavy atom. The highest BCUT2D eigenvalue weighted by Crippen LogP contribution is 2.35. The number of nitrogens with one attached hydrogen (secondary N) is 1. The molecule has 4 heterocycles. The predicted octanol–water partition coefficient (Wildman–Crippen LogP) is 3.71. The highest BCUT2D eigenvalue weighted by molar-refractivity contribution is 7.09. The highest BCUT2D eigenvalue weighted by Gasteiger charge is 2.42. The lowest BCUT2D eigenvalue weighted by atomic mass is 10.0. The van der Waals surface area contributed by atoms with Gasteiger partial charge < -0.3 is 20.3 Å². The Hall–Kier alpha value is -3.24. The first kappa shape index (κ1) is 32.0. The molecule has 0 radical (unpaired) electrons. The fourth-order valence-electron chi connectivity index (χ4n) is 3.81. The summed E-state index contributed by atoms with van der Waals surface area (Å²) in [4.78, 5) is 37.9. The van der Waals surface area contributed by atoms with Crippen molar-refractivity contribution in [2.75, 3.05) is 13.1 Å². The van der Waals surface area contributed by atoms with Crippen LogP contribution in [0.1, 0.15) is 23.3 Å². The van der Waals surface area contributed by atoms with Crippen molar-refractivity contribution in [2.45, 2.75) is 50.5 Å². The number of halogens is 6. The van der Waals surface area contributed by atoms with E-state index in [4.69, 9.17) is 24.5 Å². The monoisotopic (exact) mass is 585 g/mol. The Balaban J connectivity index is 0.000000317. The van der Waals surface area contributed by atoms with Gasteiger partial charge >= 0.3 is 24.3 Å². The van der Waals surface area contributed by atoms with Crippen LogP contribution in [0, 0.1) is 5.92 Å². The molecule has 0 bridgehead atoms. The summed E-state index contributed by atoms with van der Waals surface area (Å²) in [5.41, 5.74) is 1.02. The molecule has 3 N–H and O–H groups in total. The Bertz CT molecular complexity index is 1030. The number of fused-ring (bicyclic) bond motifs is 1. The maximum Gasteiger partial charge on any atom is 0.490 e. The zero-order chi connectivity index (χ0) is 29.2. The number of pyridine rings is 1. The molecule has 2 aliphatic rings. The number of likely N-dealkylation sites (tertiary alicyclic amines) is 1. The van der Waals surface area contributed by atoms with Gasteiger partial charge in [-0.2, -0.15) is 26.3 Å². The Morgan fingerprint density at radius 3 is 2.18 bits per heavy atom. The fraction of sp³-hybridized carbons (Fsp3) is 0.478. The molecule has 2 saturated heterocycles. The largest absolute Gasteiger partial charge is 0.490 e. The van der Waals surface area contributed by atoms with Crippen LogP contribution in [-0.4, -0.2) is 75.6 Å². The molecule has 0 aromatic carbocycles. The minimum Gasteiger partial charge on any atom is -0.475 e. The summed E-state index contributed by atoms with van der Waals surface area (Å²) in [7, 11) is 0. The average molecular weight is 586 g/mol. The fourth-order valence-corrected chi connectivity index (χ4v) is 4.56. The molecule has 4 rings (SSSR count). The van der Waals surface area contributed by atoms with Crippen LogP contribution in [0.2, 0.25) is 0 Å². The standard InChI is InChI=1S/C19H23N3O2S.2C2HF3O2/c23-19(21-10-14-3-1-5-20-9-14)8-16-7-15-11-22(13-18(15)24-16)12-17-4-2-6-25-17;2*3-2(4,5)1(6)7/h1-6,9,15-16,18H,7-8,10-13H2,(H,21,23);2*(H,6,7)/t15-,16+,18+;;/m0../s1. The van der Waals surface area contributed by atoms with Crippen molar-refractivity contribution >= 4 is 29.2 Å². The van der Waals surface area contributed by atoms with Crippen molar-refractivity contribution in [2.24, 2.45) is 5.92 Å². The number of nitrogens with zero attached hydrogens (tertiary/aromatic N) is 2. The van der Waals surface area contributed by atoms with Gasteiger partial charge in [0.25, 0.3) is 0 Å². The molecule has 2 aromatic rings. The second-order valence-electron chi connectivity index (χ2n) is 8.51. The number of rotatable bonds is 6. The van der Waals surface area contributed by atoms with Gasteiger partial charge in [0.15, 0.2) is 0 Å². The third kappa shape index (κ3) is 11.6. The lowest BCUT2D eigenvalue weighted by Gasteiger charge is -2.18. The molecule has 16 heteroatoms. The van der Waals surface area contributed by atoms with Gasteiger partial charge in [-0.3, -0.25) is 14.7 Å². The van der Waals surface area contributed by atoms with E-state index < -0.39 is 24.3 Å². The van der Waals surface area contributed by atoms with Crippen LogP contribution in [0.4, 0.5) is 26.3 Å². The summed E-state index contributed by atoms with van der Waals surface area (Å²) in [6.45, 7) is 3.61. The normalized spacial score (nSPS) is 20.6. The second kappa shape index (κ2) is 14.2. The molecule has 0 unspecified atom stereocenters. The first-order chi connectivity index (χ1) is 18.1. The molecular formula is C23H25F6N3O6S. The molecule has 2 aromatic heterocycles. The van der Waals surface area contributed by atoms with E-state index in [1.807, 2.05) is 23.5 Å².